The number of aryl methyl sites for hydroxylation is 1. The van der Waals surface area contributed by atoms with Crippen LogP contribution in [0.25, 0.3) is 6.08 Å². The summed E-state index contributed by atoms with van der Waals surface area (Å²) in [7, 11) is 0. The zero-order valence-corrected chi connectivity index (χ0v) is 23.2. The number of aromatic hydroxyl groups is 1. The molecule has 1 aliphatic heterocycles. The van der Waals surface area contributed by atoms with Gasteiger partial charge in [-0.1, -0.05) is 78.9 Å². The van der Waals surface area contributed by atoms with Gasteiger partial charge in [-0.05, 0) is 37.4 Å². The Kier molecular flexibility index (Phi) is 11.0. The van der Waals surface area contributed by atoms with Crippen LogP contribution in [0.2, 0.25) is 0 Å². The van der Waals surface area contributed by atoms with Crippen LogP contribution in [0.4, 0.5) is 0 Å². The van der Waals surface area contributed by atoms with Crippen molar-refractivity contribution in [1.82, 2.24) is 20.1 Å². The van der Waals surface area contributed by atoms with E-state index in [0.29, 0.717) is 23.4 Å². The number of unbranched alkanes of at least 4 members (excludes halogenated alkanes) is 1. The molecule has 7 heteroatoms. The molecule has 2 heterocycles. The third-order valence-corrected chi connectivity index (χ3v) is 7.37. The lowest BCUT2D eigenvalue weighted by atomic mass is 9.96. The Morgan fingerprint density at radius 2 is 1.62 bits per heavy atom. The fraction of sp³-hybridized carbons (Fsp3) is 0.333. The quantitative estimate of drug-likeness (QED) is 0.179. The number of nitrogens with one attached hydrogen (secondary N) is 1. The van der Waals surface area contributed by atoms with Gasteiger partial charge in [0.15, 0.2) is 0 Å². The average Bonchev–Trinajstić information content (AvgIpc) is 2.99. The Morgan fingerprint density at radius 1 is 0.975 bits per heavy atom. The van der Waals surface area contributed by atoms with Crippen molar-refractivity contribution >= 4 is 12.0 Å². The summed E-state index contributed by atoms with van der Waals surface area (Å²) < 4.78 is 0. The summed E-state index contributed by atoms with van der Waals surface area (Å²) in [5, 5.41) is 22.5. The van der Waals surface area contributed by atoms with Gasteiger partial charge in [0.25, 0.3) is 0 Å². The van der Waals surface area contributed by atoms with Gasteiger partial charge in [-0.25, -0.2) is 0 Å². The van der Waals surface area contributed by atoms with E-state index in [2.05, 4.69) is 80.8 Å². The number of aromatic nitrogens is 1. The predicted molar refractivity (Wildman–Crippen MR) is 160 cm³/mol. The van der Waals surface area contributed by atoms with Crippen LogP contribution < -0.4 is 5.32 Å². The lowest BCUT2D eigenvalue weighted by Crippen LogP contribution is -2.48. The number of amides is 1. The Bertz CT molecular complexity index is 1230. The molecular weight excluding hydrogens is 500 g/mol. The third-order valence-electron chi connectivity index (χ3n) is 7.37. The zero-order chi connectivity index (χ0) is 28.2. The topological polar surface area (TPSA) is 88.9 Å². The normalized spacial score (nSPS) is 14.9. The van der Waals surface area contributed by atoms with Gasteiger partial charge in [0.2, 0.25) is 5.91 Å². The van der Waals surface area contributed by atoms with E-state index in [1.54, 1.807) is 31.3 Å². The van der Waals surface area contributed by atoms with Gasteiger partial charge in [-0.15, -0.1) is 0 Å². The number of carbonyl (C=O) groups excluding carboxylic acids is 1. The van der Waals surface area contributed by atoms with E-state index in [-0.39, 0.29) is 24.3 Å². The first-order chi connectivity index (χ1) is 19.6. The van der Waals surface area contributed by atoms with Gasteiger partial charge in [0.05, 0.1) is 18.3 Å². The molecule has 0 bridgehead atoms. The molecule has 0 spiro atoms. The van der Waals surface area contributed by atoms with E-state index in [9.17, 15) is 15.0 Å². The highest BCUT2D eigenvalue weighted by molar-refractivity contribution is 5.87. The van der Waals surface area contributed by atoms with Gasteiger partial charge in [-0.3, -0.25) is 14.7 Å². The first kappa shape index (κ1) is 29.2. The summed E-state index contributed by atoms with van der Waals surface area (Å²) in [4.78, 5) is 21.4. The molecule has 0 unspecified atom stereocenters. The number of aliphatic hydroxyl groups excluding tert-OH is 1. The van der Waals surface area contributed by atoms with Crippen LogP contribution in [-0.4, -0.2) is 70.2 Å². The number of piperazine rings is 1. The summed E-state index contributed by atoms with van der Waals surface area (Å²) in [5.41, 5.74) is 4.19. The van der Waals surface area contributed by atoms with E-state index < -0.39 is 0 Å². The van der Waals surface area contributed by atoms with Gasteiger partial charge >= 0.3 is 0 Å². The molecule has 1 amide bonds. The molecule has 1 saturated heterocycles. The number of hydrogen-bond donors (Lipinski definition) is 3. The van der Waals surface area contributed by atoms with Crippen molar-refractivity contribution in [2.24, 2.45) is 0 Å². The van der Waals surface area contributed by atoms with Crippen molar-refractivity contribution < 1.29 is 15.0 Å². The Labute approximate surface area is 237 Å². The maximum atomic E-state index is 12.1. The van der Waals surface area contributed by atoms with Crippen LogP contribution >= 0.6 is 0 Å². The van der Waals surface area contributed by atoms with E-state index in [1.165, 1.54) is 17.2 Å². The minimum absolute atomic E-state index is 0.00295. The Hall–Kier alpha value is -3.78. The first-order valence-electron chi connectivity index (χ1n) is 14.0. The lowest BCUT2D eigenvalue weighted by Gasteiger charge is -2.39. The minimum atomic E-state index is -0.281. The number of carbonyl (C=O) groups is 1. The number of rotatable bonds is 12. The molecule has 0 saturated carbocycles. The molecule has 1 fully saturated rings. The molecule has 40 heavy (non-hydrogen) atoms. The molecular formula is C33H40N4O3. The van der Waals surface area contributed by atoms with Crippen LogP contribution in [0.5, 0.6) is 5.75 Å². The lowest BCUT2D eigenvalue weighted by molar-refractivity contribution is -0.116. The minimum Gasteiger partial charge on any atom is -0.506 e. The van der Waals surface area contributed by atoms with Crippen LogP contribution in [0.1, 0.15) is 46.8 Å². The molecule has 0 aliphatic carbocycles. The standard InChI is InChI=1S/C33H40N4O3/c1-26-33(40)30(25-38)29(24-35-26)16-8-9-17-31(39)34-18-10-11-19-36-20-22-37(23-21-36)32(27-12-4-2-5-13-27)28-14-6-3-7-15-28/h2-9,12-17,24,32,38,40H,10-11,18-23,25H2,1H3,(H,34,39)/b16-8+,17-9+. The van der Waals surface area contributed by atoms with Crippen LogP contribution in [-0.2, 0) is 11.4 Å². The van der Waals surface area contributed by atoms with Crippen LogP contribution in [0, 0.1) is 6.92 Å². The Balaban J connectivity index is 1.15. The summed E-state index contributed by atoms with van der Waals surface area (Å²) in [6.45, 7) is 7.23. The van der Waals surface area contributed by atoms with Crippen molar-refractivity contribution in [2.45, 2.75) is 32.4 Å². The van der Waals surface area contributed by atoms with Crippen molar-refractivity contribution in [2.75, 3.05) is 39.3 Å². The van der Waals surface area contributed by atoms with E-state index in [0.717, 1.165) is 45.6 Å². The van der Waals surface area contributed by atoms with Crippen molar-refractivity contribution in [3.8, 4) is 5.75 Å². The van der Waals surface area contributed by atoms with Gasteiger partial charge in [0.1, 0.15) is 5.75 Å². The van der Waals surface area contributed by atoms with Gasteiger partial charge in [0, 0.05) is 56.1 Å². The molecule has 210 valence electrons. The monoisotopic (exact) mass is 540 g/mol. The van der Waals surface area contributed by atoms with Crippen molar-refractivity contribution in [1.29, 1.82) is 0 Å². The van der Waals surface area contributed by atoms with Crippen LogP contribution in [0.15, 0.2) is 85.1 Å². The first-order valence-corrected chi connectivity index (χ1v) is 14.0. The van der Waals surface area contributed by atoms with Crippen molar-refractivity contribution in [3.05, 3.63) is 113 Å². The number of aliphatic hydroxyl groups is 1. The number of benzene rings is 2. The summed E-state index contributed by atoms with van der Waals surface area (Å²) in [5.74, 6) is -0.143. The molecule has 0 radical (unpaired) electrons. The van der Waals surface area contributed by atoms with Crippen molar-refractivity contribution in [3.63, 3.8) is 0 Å². The molecule has 2 aromatic carbocycles. The largest absolute Gasteiger partial charge is 0.506 e. The maximum absolute atomic E-state index is 12.1. The fourth-order valence-corrected chi connectivity index (χ4v) is 5.13. The summed E-state index contributed by atoms with van der Waals surface area (Å²) >= 11 is 0. The van der Waals surface area contributed by atoms with E-state index in [1.807, 2.05) is 0 Å². The Morgan fingerprint density at radius 3 is 2.25 bits per heavy atom. The molecule has 4 rings (SSSR count). The summed E-state index contributed by atoms with van der Waals surface area (Å²) in [6, 6.07) is 21.8. The van der Waals surface area contributed by atoms with Gasteiger partial charge in [-0.2, -0.15) is 0 Å². The second-order valence-corrected chi connectivity index (χ2v) is 10.1. The number of hydrogen-bond acceptors (Lipinski definition) is 6. The van der Waals surface area contributed by atoms with E-state index in [4.69, 9.17) is 0 Å². The third kappa shape index (κ3) is 8.11. The van der Waals surface area contributed by atoms with Gasteiger partial charge < -0.3 is 20.4 Å². The number of nitrogens with zero attached hydrogens (tertiary/aromatic N) is 3. The molecule has 3 N–H and O–H groups in total. The predicted octanol–water partition coefficient (Wildman–Crippen LogP) is 4.46. The second-order valence-electron chi connectivity index (χ2n) is 10.1. The SMILES string of the molecule is Cc1ncc(/C=C/C=C/C(=O)NCCCCN2CCN(C(c3ccccc3)c3ccccc3)CC2)c(CO)c1O. The molecule has 3 aromatic rings. The second kappa shape index (κ2) is 15.1. The molecule has 1 aromatic heterocycles. The van der Waals surface area contributed by atoms with Crippen LogP contribution in [0.3, 0.4) is 0 Å². The molecule has 1 aliphatic rings. The highest BCUT2D eigenvalue weighted by Gasteiger charge is 2.26. The zero-order valence-electron chi connectivity index (χ0n) is 23.2. The number of allylic oxidation sites excluding steroid dienone is 2. The fourth-order valence-electron chi connectivity index (χ4n) is 5.13. The highest BCUT2D eigenvalue weighted by atomic mass is 16.3. The molecule has 0 atom stereocenters. The van der Waals surface area contributed by atoms with E-state index >= 15 is 0 Å². The highest BCUT2D eigenvalue weighted by Crippen LogP contribution is 2.29. The maximum Gasteiger partial charge on any atom is 0.243 e. The summed E-state index contributed by atoms with van der Waals surface area (Å²) in [6.07, 6.45) is 10.1. The molecule has 7 nitrogen and oxygen atoms in total. The number of pyridine rings is 1. The average molecular weight is 541 g/mol. The smallest absolute Gasteiger partial charge is 0.243 e.